The number of fused-ring (bicyclic) bond motifs is 4. The maximum atomic E-state index is 12.6. The third-order valence-corrected chi connectivity index (χ3v) is 25.0. The summed E-state index contributed by atoms with van der Waals surface area (Å²) in [5.41, 5.74) is 12.3. The molecule has 118 heavy (non-hydrogen) atoms. The highest BCUT2D eigenvalue weighted by atomic mass is 16.5. The number of morpholine rings is 1. The molecule has 0 radical (unpaired) electrons. The highest BCUT2D eigenvalue weighted by molar-refractivity contribution is 6.03. The van der Waals surface area contributed by atoms with Gasteiger partial charge in [0.25, 0.3) is 0 Å². The van der Waals surface area contributed by atoms with Gasteiger partial charge in [-0.2, -0.15) is 19.9 Å². The molecule has 0 bridgehead atoms. The van der Waals surface area contributed by atoms with Gasteiger partial charge in [0.2, 0.25) is 53.3 Å². The van der Waals surface area contributed by atoms with E-state index in [-0.39, 0.29) is 41.6 Å². The third kappa shape index (κ3) is 18.9. The number of carbonyl (C=O) groups excluding carboxylic acids is 5. The first-order valence-corrected chi connectivity index (χ1v) is 43.0. The van der Waals surface area contributed by atoms with Crippen molar-refractivity contribution in [3.8, 4) is 0 Å². The second-order valence-electron chi connectivity index (χ2n) is 32.9. The first kappa shape index (κ1) is 80.6. The molecule has 0 spiro atoms. The van der Waals surface area contributed by atoms with E-state index < -0.39 is 0 Å². The average Bonchev–Trinajstić information content (AvgIpc) is 1.64. The van der Waals surface area contributed by atoms with Crippen LogP contribution in [0.25, 0.3) is 0 Å². The summed E-state index contributed by atoms with van der Waals surface area (Å²) in [4.78, 5) is 122. The van der Waals surface area contributed by atoms with Crippen molar-refractivity contribution in [3.05, 3.63) is 144 Å². The minimum Gasteiger partial charge on any atom is -0.378 e. The maximum absolute atomic E-state index is 12.6. The normalized spacial score (nSPS) is 19.2. The zero-order chi connectivity index (χ0) is 81.2. The van der Waals surface area contributed by atoms with Crippen LogP contribution in [-0.2, 0) is 54.4 Å². The molecule has 620 valence electrons. The number of anilines is 16. The lowest BCUT2D eigenvalue weighted by Gasteiger charge is -2.35. The number of aromatic nitrogens is 8. The molecule has 29 nitrogen and oxygen atoms in total. The Morgan fingerprint density at radius 3 is 0.966 bits per heavy atom. The van der Waals surface area contributed by atoms with Gasteiger partial charge in [0.1, 0.15) is 23.3 Å². The smallest absolute Gasteiger partial charge is 0.233 e. The molecular weight excluding hydrogens is 1490 g/mol. The molecule has 7 fully saturated rings. The second-order valence-corrected chi connectivity index (χ2v) is 32.9. The topological polar surface area (TPSA) is 281 Å². The Morgan fingerprint density at radius 2 is 0.653 bits per heavy atom. The molecule has 4 aromatic heterocycles. The number of nitrogens with zero attached hydrogens (tertiary/aromatic N) is 19. The van der Waals surface area contributed by atoms with Crippen LogP contribution in [0.5, 0.6) is 0 Å². The predicted molar refractivity (Wildman–Crippen MR) is 464 cm³/mol. The summed E-state index contributed by atoms with van der Waals surface area (Å²) in [7, 11) is 4.34. The summed E-state index contributed by atoms with van der Waals surface area (Å²) < 4.78 is 5.42. The van der Waals surface area contributed by atoms with Gasteiger partial charge in [-0.1, -0.05) is 58.8 Å². The number of ether oxygens (including phenoxy) is 1. The number of hydrogen-bond acceptors (Lipinski definition) is 24. The molecule has 3 aliphatic carbocycles. The van der Waals surface area contributed by atoms with Crippen molar-refractivity contribution in [1.29, 1.82) is 0 Å². The number of amides is 5. The molecule has 0 unspecified atom stereocenters. The summed E-state index contributed by atoms with van der Waals surface area (Å²) in [5, 5.41) is 13.2. The molecule has 11 aliphatic rings. The number of carbonyl (C=O) groups is 5. The maximum Gasteiger partial charge on any atom is 0.233 e. The molecule has 4 saturated heterocycles. The van der Waals surface area contributed by atoms with Crippen LogP contribution in [0, 0.1) is 0 Å². The fraction of sp³-hybridized carbons (Fsp3) is 0.494. The largest absolute Gasteiger partial charge is 0.378 e. The van der Waals surface area contributed by atoms with E-state index in [4.69, 9.17) is 19.7 Å². The number of nitrogens with one attached hydrogen (secondary N) is 4. The Labute approximate surface area is 692 Å². The number of rotatable bonds is 18. The molecule has 8 aromatic rings. The summed E-state index contributed by atoms with van der Waals surface area (Å²) >= 11 is 0. The van der Waals surface area contributed by atoms with E-state index in [2.05, 4.69) is 176 Å². The summed E-state index contributed by atoms with van der Waals surface area (Å²) in [5.74, 6) is 5.98. The van der Waals surface area contributed by atoms with Gasteiger partial charge in [0.15, 0.2) is 0 Å². The van der Waals surface area contributed by atoms with Gasteiger partial charge >= 0.3 is 0 Å². The van der Waals surface area contributed by atoms with E-state index in [0.29, 0.717) is 61.6 Å². The van der Waals surface area contributed by atoms with Gasteiger partial charge in [-0.05, 0) is 163 Å². The number of hydrogen-bond donors (Lipinski definition) is 4. The van der Waals surface area contributed by atoms with Gasteiger partial charge in [-0.25, -0.2) is 19.9 Å². The van der Waals surface area contributed by atoms with Crippen LogP contribution in [0.15, 0.2) is 122 Å². The van der Waals surface area contributed by atoms with Crippen LogP contribution in [0.4, 0.5) is 92.6 Å². The SMILES string of the molecule is CCC(CC)N1C(=O)Cc2cnc(Nc3ccc(N4CCN(C(C)=O)CC4)cc3)nc21.CN1CCN(c2ccc(Nc3ncc4c(n3)N(C3CCCC3)C(=O)C4)cc2)CC1.CN1CCN(c2ccc(Nc3ncc4c(n3)N(C3CCCCC3)C(=O)C4)cc2)CC1.O=C1Cc2cnc(Nc3ccc(N4CCOCC4)cc3)nc2N1C1CCCC1. The number of benzene rings is 4. The third-order valence-electron chi connectivity index (χ3n) is 25.0. The first-order chi connectivity index (χ1) is 57.6. The first-order valence-electron chi connectivity index (χ1n) is 43.0. The van der Waals surface area contributed by atoms with Crippen LogP contribution >= 0.6 is 0 Å². The fourth-order valence-corrected chi connectivity index (χ4v) is 18.2. The van der Waals surface area contributed by atoms with Crippen LogP contribution in [0.2, 0.25) is 0 Å². The lowest BCUT2D eigenvalue weighted by molar-refractivity contribution is -0.129. The van der Waals surface area contributed by atoms with Crippen molar-refractivity contribution in [1.82, 2.24) is 54.6 Å². The molecule has 19 rings (SSSR count). The molecule has 4 aromatic carbocycles. The lowest BCUT2D eigenvalue weighted by Crippen LogP contribution is -2.48. The van der Waals surface area contributed by atoms with Gasteiger partial charge in [0.05, 0.1) is 38.9 Å². The van der Waals surface area contributed by atoms with Crippen LogP contribution in [-0.4, -0.2) is 227 Å². The van der Waals surface area contributed by atoms with Crippen molar-refractivity contribution in [2.45, 2.75) is 167 Å². The lowest BCUT2D eigenvalue weighted by atomic mass is 9.94. The van der Waals surface area contributed by atoms with Crippen molar-refractivity contribution in [3.63, 3.8) is 0 Å². The summed E-state index contributed by atoms with van der Waals surface area (Å²) in [6.45, 7) is 21.0. The Hall–Kier alpha value is -11.2. The average molecular weight is 1600 g/mol. The highest BCUT2D eigenvalue weighted by Crippen LogP contribution is 2.40. The van der Waals surface area contributed by atoms with Crippen LogP contribution in [0.1, 0.15) is 139 Å². The van der Waals surface area contributed by atoms with E-state index in [1.807, 2.05) is 55.0 Å². The Bertz CT molecular complexity index is 4800. The summed E-state index contributed by atoms with van der Waals surface area (Å²) in [6.07, 6.45) is 25.5. The zero-order valence-electron chi connectivity index (χ0n) is 69.1. The van der Waals surface area contributed by atoms with E-state index >= 15 is 0 Å². The molecule has 12 heterocycles. The van der Waals surface area contributed by atoms with Gasteiger partial charge < -0.3 is 60.3 Å². The molecule has 0 atom stereocenters. The predicted octanol–water partition coefficient (Wildman–Crippen LogP) is 11.9. The van der Waals surface area contributed by atoms with E-state index in [1.165, 1.54) is 62.0 Å². The Kier molecular flexibility index (Phi) is 25.4. The Morgan fingerprint density at radius 1 is 0.373 bits per heavy atom. The van der Waals surface area contributed by atoms with Crippen LogP contribution in [0.3, 0.4) is 0 Å². The quantitative estimate of drug-likeness (QED) is 0.0621. The monoisotopic (exact) mass is 1600 g/mol. The molecule has 29 heteroatoms. The van der Waals surface area contributed by atoms with E-state index in [0.717, 1.165) is 230 Å². The van der Waals surface area contributed by atoms with Crippen molar-refractivity contribution in [2.75, 3.05) is 179 Å². The van der Waals surface area contributed by atoms with Gasteiger partial charge in [-0.15, -0.1) is 0 Å². The van der Waals surface area contributed by atoms with E-state index in [1.54, 1.807) is 25.5 Å². The molecule has 8 aliphatic heterocycles. The molecule has 3 saturated carbocycles. The van der Waals surface area contributed by atoms with E-state index in [9.17, 15) is 24.0 Å². The Balaban J connectivity index is 0.000000118. The van der Waals surface area contributed by atoms with Crippen LogP contribution < -0.4 is 60.5 Å². The number of likely N-dealkylation sites (N-methyl/N-ethyl adjacent to an activating group) is 2. The standard InChI is InChI=1S/C23H30N6O2.C23H30N6O.C22H28N6O.C21H25N5O2/c1-4-19(5-2)29-21(31)14-17-15-24-23(26-22(17)29)25-18-6-8-20(9-7-18)28-12-10-27(11-13-28)16(3)30;1-27-11-13-28(14-12-27)19-9-7-18(8-10-19)25-23-24-16-17-15-21(30)29(22(17)26-23)20-5-3-2-4-6-20;1-26-10-12-27(13-11-26)18-8-6-17(7-9-18)24-22-23-15-16-14-20(29)28(21(16)25-22)19-4-2-3-5-19;27-19-13-15-14-22-21(24-20(15)26(19)18-3-1-2-4-18)23-16-5-7-17(8-6-16)25-9-11-28-12-10-25/h6-9,15,19H,4-5,10-14H2,1-3H3,(H,24,25,26);7-10,16,20H,2-6,11-15H2,1H3,(H,24,25,26);6-9,15,19H,2-5,10-14H2,1H3,(H,23,24,25);5-8,14,18H,1-4,9-13H2,(H,22,23,24). The second kappa shape index (κ2) is 37.2. The minimum absolute atomic E-state index is 0.101. The van der Waals surface area contributed by atoms with Gasteiger partial charge in [-0.3, -0.25) is 43.6 Å². The van der Waals surface area contributed by atoms with Crippen molar-refractivity contribution < 1.29 is 28.7 Å². The number of piperazine rings is 3. The molecule has 5 amide bonds. The van der Waals surface area contributed by atoms with Crippen molar-refractivity contribution >= 4 is 122 Å². The fourth-order valence-electron chi connectivity index (χ4n) is 18.2. The minimum atomic E-state index is 0.101. The van der Waals surface area contributed by atoms with Crippen molar-refractivity contribution in [2.24, 2.45) is 0 Å². The van der Waals surface area contributed by atoms with Gasteiger partial charge in [0, 0.05) is 215 Å². The molecular formula is C89H113N23O6. The zero-order valence-corrected chi connectivity index (χ0v) is 69.1. The highest BCUT2D eigenvalue weighted by Gasteiger charge is 2.40. The summed E-state index contributed by atoms with van der Waals surface area (Å²) in [6, 6.07) is 34.4. The molecule has 4 N–H and O–H groups in total.